The van der Waals surface area contributed by atoms with Crippen LogP contribution in [-0.2, 0) is 9.59 Å². The largest absolute Gasteiger partial charge is 0.234 e. The average Bonchev–Trinajstić information content (AvgIpc) is 3.01. The topological polar surface area (TPSA) is 58.9 Å². The van der Waals surface area contributed by atoms with Crippen molar-refractivity contribution in [3.8, 4) is 0 Å². The van der Waals surface area contributed by atoms with Gasteiger partial charge >= 0.3 is 0 Å². The number of rotatable bonds is 4. The molecule has 0 saturated heterocycles. The highest BCUT2D eigenvalue weighted by atomic mass is 16.1. The summed E-state index contributed by atoms with van der Waals surface area (Å²) < 4.78 is 0. The lowest BCUT2D eigenvalue weighted by Gasteiger charge is -2.43. The molecule has 3 saturated carbocycles. The van der Waals surface area contributed by atoms with Gasteiger partial charge in [0, 0.05) is 0 Å². The van der Waals surface area contributed by atoms with E-state index in [1.54, 1.807) is 12.2 Å². The molecular weight excluding hydrogens is 240 g/mol. The minimum atomic E-state index is 0.554. The Bertz CT molecular complexity index is 437. The van der Waals surface area contributed by atoms with Crippen LogP contribution in [0.5, 0.6) is 0 Å². The Hall–Kier alpha value is -1.24. The first-order valence-electron chi connectivity index (χ1n) is 7.42. The van der Waals surface area contributed by atoms with Gasteiger partial charge < -0.3 is 0 Å². The van der Waals surface area contributed by atoms with Crippen LogP contribution in [0.15, 0.2) is 9.98 Å². The summed E-state index contributed by atoms with van der Waals surface area (Å²) in [5.41, 5.74) is 0. The van der Waals surface area contributed by atoms with Crippen molar-refractivity contribution < 1.29 is 9.59 Å². The van der Waals surface area contributed by atoms with Gasteiger partial charge in [-0.25, -0.2) is 19.6 Å². The van der Waals surface area contributed by atoms with Crippen LogP contribution in [-0.4, -0.2) is 25.2 Å². The molecule has 0 amide bonds. The molecule has 3 rings (SSSR count). The molecule has 0 radical (unpaired) electrons. The Balaban J connectivity index is 1.75. The first-order valence-corrected chi connectivity index (χ1v) is 7.42. The third kappa shape index (κ3) is 2.20. The second-order valence-electron chi connectivity index (χ2n) is 6.45. The van der Waals surface area contributed by atoms with E-state index in [9.17, 15) is 9.59 Å². The van der Waals surface area contributed by atoms with Gasteiger partial charge in [0.2, 0.25) is 12.2 Å². The van der Waals surface area contributed by atoms with Crippen molar-refractivity contribution in [1.29, 1.82) is 0 Å². The number of isocyanates is 2. The van der Waals surface area contributed by atoms with Gasteiger partial charge in [0.1, 0.15) is 0 Å². The minimum Gasteiger partial charge on any atom is -0.211 e. The van der Waals surface area contributed by atoms with Gasteiger partial charge in [0.05, 0.1) is 13.1 Å². The molecule has 19 heavy (non-hydrogen) atoms. The number of nitrogens with zero attached hydrogens (tertiary/aromatic N) is 2. The van der Waals surface area contributed by atoms with Crippen LogP contribution in [0.1, 0.15) is 32.1 Å². The summed E-state index contributed by atoms with van der Waals surface area (Å²) in [4.78, 5) is 28.3. The lowest BCUT2D eigenvalue weighted by molar-refractivity contribution is 0.0676. The van der Waals surface area contributed by atoms with Gasteiger partial charge in [-0.15, -0.1) is 0 Å². The maximum absolute atomic E-state index is 10.4. The van der Waals surface area contributed by atoms with E-state index in [0.717, 1.165) is 11.8 Å². The van der Waals surface area contributed by atoms with Crippen molar-refractivity contribution in [2.24, 2.45) is 45.5 Å². The third-order valence-electron chi connectivity index (χ3n) is 5.82. The fourth-order valence-corrected chi connectivity index (χ4v) is 5.32. The second-order valence-corrected chi connectivity index (χ2v) is 6.45. The molecule has 0 heterocycles. The average molecular weight is 260 g/mol. The van der Waals surface area contributed by atoms with E-state index >= 15 is 0 Å². The number of fused-ring (bicyclic) bond motifs is 5. The summed E-state index contributed by atoms with van der Waals surface area (Å²) in [5.74, 6) is 4.18. The maximum Gasteiger partial charge on any atom is 0.234 e. The van der Waals surface area contributed by atoms with Crippen molar-refractivity contribution >= 4 is 12.2 Å². The van der Waals surface area contributed by atoms with Crippen LogP contribution in [0.3, 0.4) is 0 Å². The van der Waals surface area contributed by atoms with E-state index in [0.29, 0.717) is 36.8 Å². The fourth-order valence-electron chi connectivity index (χ4n) is 5.32. The molecule has 3 fully saturated rings. The van der Waals surface area contributed by atoms with Crippen LogP contribution in [0.4, 0.5) is 0 Å². The molecule has 3 aliphatic rings. The first-order chi connectivity index (χ1) is 9.35. The van der Waals surface area contributed by atoms with Crippen LogP contribution >= 0.6 is 0 Å². The minimum absolute atomic E-state index is 0.554. The van der Waals surface area contributed by atoms with Gasteiger partial charge in [-0.2, -0.15) is 0 Å². The Morgan fingerprint density at radius 1 is 0.895 bits per heavy atom. The van der Waals surface area contributed by atoms with Crippen LogP contribution < -0.4 is 0 Å². The van der Waals surface area contributed by atoms with Gasteiger partial charge in [-0.05, 0) is 61.2 Å². The molecular formula is C15H20N2O2. The number of aliphatic imine (C=N–C) groups is 2. The zero-order valence-electron chi connectivity index (χ0n) is 11.1. The van der Waals surface area contributed by atoms with Gasteiger partial charge in [-0.3, -0.25) is 0 Å². The molecule has 0 N–H and O–H groups in total. The molecule has 0 aromatic heterocycles. The predicted octanol–water partition coefficient (Wildman–Crippen LogP) is 2.35. The molecule has 3 aliphatic carbocycles. The van der Waals surface area contributed by atoms with Crippen LogP contribution in [0.2, 0.25) is 0 Å². The second kappa shape index (κ2) is 5.40. The molecule has 2 bridgehead atoms. The van der Waals surface area contributed by atoms with Gasteiger partial charge in [-0.1, -0.05) is 6.42 Å². The summed E-state index contributed by atoms with van der Waals surface area (Å²) in [7, 11) is 0. The van der Waals surface area contributed by atoms with E-state index in [1.807, 2.05) is 0 Å². The normalized spacial score (nSPS) is 43.2. The summed E-state index contributed by atoms with van der Waals surface area (Å²) in [6, 6.07) is 0. The molecule has 0 spiro atoms. The third-order valence-corrected chi connectivity index (χ3v) is 5.82. The predicted molar refractivity (Wildman–Crippen MR) is 70.0 cm³/mol. The van der Waals surface area contributed by atoms with Gasteiger partial charge in [0.15, 0.2) is 0 Å². The zero-order chi connectivity index (χ0) is 13.2. The highest BCUT2D eigenvalue weighted by Gasteiger charge is 2.55. The monoisotopic (exact) mass is 260 g/mol. The Labute approximate surface area is 113 Å². The SMILES string of the molecule is O=C=NCC1CC2CC1C1C(CN=C=O)CCCC21. The molecule has 0 aromatic rings. The standard InChI is InChI=1S/C15H20N2O2/c18-8-16-6-10-2-1-3-13-11-4-12(7-17-9-19)14(5-11)15(10)13/h10-15H,1-7H2. The molecule has 6 unspecified atom stereocenters. The molecule has 0 aliphatic heterocycles. The number of hydrogen-bond donors (Lipinski definition) is 0. The Morgan fingerprint density at radius 3 is 2.37 bits per heavy atom. The Morgan fingerprint density at radius 2 is 1.63 bits per heavy atom. The number of hydrogen-bond acceptors (Lipinski definition) is 4. The zero-order valence-corrected chi connectivity index (χ0v) is 11.1. The van der Waals surface area contributed by atoms with Crippen molar-refractivity contribution in [3.05, 3.63) is 0 Å². The van der Waals surface area contributed by atoms with E-state index < -0.39 is 0 Å². The van der Waals surface area contributed by atoms with Crippen LogP contribution in [0.25, 0.3) is 0 Å². The first kappa shape index (κ1) is 12.8. The van der Waals surface area contributed by atoms with Crippen molar-refractivity contribution in [1.82, 2.24) is 0 Å². The molecule has 102 valence electrons. The van der Waals surface area contributed by atoms with E-state index in [2.05, 4.69) is 9.98 Å². The summed E-state index contributed by atoms with van der Waals surface area (Å²) in [6.07, 6.45) is 9.72. The molecule has 4 heteroatoms. The summed E-state index contributed by atoms with van der Waals surface area (Å²) in [6.45, 7) is 1.30. The Kier molecular flexibility index (Phi) is 3.63. The summed E-state index contributed by atoms with van der Waals surface area (Å²) in [5, 5.41) is 0. The van der Waals surface area contributed by atoms with Crippen LogP contribution in [0, 0.1) is 35.5 Å². The highest BCUT2D eigenvalue weighted by Crippen LogP contribution is 2.61. The van der Waals surface area contributed by atoms with E-state index in [-0.39, 0.29) is 0 Å². The quantitative estimate of drug-likeness (QED) is 0.575. The maximum atomic E-state index is 10.4. The van der Waals surface area contributed by atoms with Crippen molar-refractivity contribution in [3.63, 3.8) is 0 Å². The van der Waals surface area contributed by atoms with E-state index in [4.69, 9.17) is 0 Å². The highest BCUT2D eigenvalue weighted by molar-refractivity contribution is 5.33. The number of carbonyl (C=O) groups excluding carboxylic acids is 2. The van der Waals surface area contributed by atoms with Gasteiger partial charge in [0.25, 0.3) is 0 Å². The van der Waals surface area contributed by atoms with Crippen molar-refractivity contribution in [2.45, 2.75) is 32.1 Å². The molecule has 4 nitrogen and oxygen atoms in total. The van der Waals surface area contributed by atoms with Crippen molar-refractivity contribution in [2.75, 3.05) is 13.1 Å². The summed E-state index contributed by atoms with van der Waals surface area (Å²) >= 11 is 0. The lowest BCUT2D eigenvalue weighted by Crippen LogP contribution is -2.38. The molecule has 0 aromatic carbocycles. The fraction of sp³-hybridized carbons (Fsp3) is 0.867. The lowest BCUT2D eigenvalue weighted by atomic mass is 9.63. The van der Waals surface area contributed by atoms with E-state index in [1.165, 1.54) is 32.1 Å². The smallest absolute Gasteiger partial charge is 0.211 e. The molecule has 6 atom stereocenters.